The summed E-state index contributed by atoms with van der Waals surface area (Å²) in [5.74, 6) is 0.772. The topological polar surface area (TPSA) is 43.4 Å². The summed E-state index contributed by atoms with van der Waals surface area (Å²) in [6, 6.07) is 7.22. The highest BCUT2D eigenvalue weighted by Crippen LogP contribution is 2.14. The van der Waals surface area contributed by atoms with Crippen molar-refractivity contribution in [2.45, 2.75) is 33.3 Å². The van der Waals surface area contributed by atoms with E-state index in [0.717, 1.165) is 5.56 Å². The van der Waals surface area contributed by atoms with Crippen molar-refractivity contribution < 1.29 is 14.3 Å². The van der Waals surface area contributed by atoms with Crippen LogP contribution in [0.25, 0.3) is 0 Å². The minimum atomic E-state index is -0.432. The largest absolute Gasteiger partial charge is 0.483 e. The van der Waals surface area contributed by atoms with Gasteiger partial charge in [-0.1, -0.05) is 12.1 Å². The van der Waals surface area contributed by atoms with E-state index in [0.29, 0.717) is 12.2 Å². The van der Waals surface area contributed by atoms with Crippen LogP contribution in [0.4, 0.5) is 0 Å². The number of Topliss-reactive ketones (excluding diaryl/α,β-unsaturated/α-hetero) is 2. The van der Waals surface area contributed by atoms with Gasteiger partial charge in [-0.05, 0) is 38.5 Å². The number of carbonyl (C=O) groups is 2. The molecular formula is C13H16O3. The van der Waals surface area contributed by atoms with Crippen molar-refractivity contribution in [3.05, 3.63) is 29.8 Å². The number of benzene rings is 1. The molecule has 1 aromatic carbocycles. The second kappa shape index (κ2) is 5.45. The molecule has 0 saturated carbocycles. The molecule has 0 spiro atoms. The zero-order valence-corrected chi connectivity index (χ0v) is 9.82. The molecular weight excluding hydrogens is 204 g/mol. The highest BCUT2D eigenvalue weighted by atomic mass is 16.5. The van der Waals surface area contributed by atoms with E-state index in [-0.39, 0.29) is 11.6 Å². The van der Waals surface area contributed by atoms with Crippen LogP contribution in [0.2, 0.25) is 0 Å². The highest BCUT2D eigenvalue weighted by Gasteiger charge is 2.08. The number of ketones is 2. The van der Waals surface area contributed by atoms with Crippen molar-refractivity contribution in [3.63, 3.8) is 0 Å². The average molecular weight is 220 g/mol. The summed E-state index contributed by atoms with van der Waals surface area (Å²) in [6.07, 6.45) is 0.00128. The quantitative estimate of drug-likeness (QED) is 0.763. The summed E-state index contributed by atoms with van der Waals surface area (Å²) in [4.78, 5) is 21.9. The molecule has 0 amide bonds. The number of hydrogen-bond donors (Lipinski definition) is 0. The van der Waals surface area contributed by atoms with Crippen LogP contribution in [0, 0.1) is 0 Å². The lowest BCUT2D eigenvalue weighted by Crippen LogP contribution is -2.20. The minimum Gasteiger partial charge on any atom is -0.483 e. The molecule has 0 radical (unpaired) electrons. The fourth-order valence-electron chi connectivity index (χ4n) is 1.26. The van der Waals surface area contributed by atoms with Crippen molar-refractivity contribution in [3.8, 4) is 5.75 Å². The van der Waals surface area contributed by atoms with Gasteiger partial charge in [-0.2, -0.15) is 0 Å². The molecule has 1 atom stereocenters. The van der Waals surface area contributed by atoms with Gasteiger partial charge in [-0.3, -0.25) is 9.59 Å². The summed E-state index contributed by atoms with van der Waals surface area (Å²) >= 11 is 0. The number of ether oxygens (including phenoxy) is 1. The predicted octanol–water partition coefficient (Wildman–Crippen LogP) is 2.17. The van der Waals surface area contributed by atoms with Crippen molar-refractivity contribution >= 4 is 11.6 Å². The normalized spacial score (nSPS) is 11.9. The zero-order valence-electron chi connectivity index (χ0n) is 9.82. The second-order valence-corrected chi connectivity index (χ2v) is 3.89. The molecule has 0 bridgehead atoms. The molecule has 0 aliphatic rings. The standard InChI is InChI=1S/C13H16O3/c1-9(14)8-12-4-6-13(7-5-12)16-11(3)10(2)15/h4-7,11H,8H2,1-3H3. The van der Waals surface area contributed by atoms with E-state index in [1.54, 1.807) is 26.0 Å². The molecule has 3 nitrogen and oxygen atoms in total. The first-order valence-electron chi connectivity index (χ1n) is 5.24. The van der Waals surface area contributed by atoms with Crippen molar-refractivity contribution in [2.24, 2.45) is 0 Å². The lowest BCUT2D eigenvalue weighted by atomic mass is 10.1. The molecule has 3 heteroatoms. The van der Waals surface area contributed by atoms with E-state index >= 15 is 0 Å². The predicted molar refractivity (Wildman–Crippen MR) is 61.6 cm³/mol. The molecule has 1 aromatic rings. The Morgan fingerprint density at radius 1 is 1.19 bits per heavy atom. The van der Waals surface area contributed by atoms with E-state index in [1.165, 1.54) is 6.92 Å². The van der Waals surface area contributed by atoms with Gasteiger partial charge in [0, 0.05) is 6.42 Å². The van der Waals surface area contributed by atoms with Gasteiger partial charge >= 0.3 is 0 Å². The molecule has 0 aromatic heterocycles. The Hall–Kier alpha value is -1.64. The molecule has 0 N–H and O–H groups in total. The maximum Gasteiger partial charge on any atom is 0.169 e. The molecule has 0 aliphatic carbocycles. The summed E-state index contributed by atoms with van der Waals surface area (Å²) in [6.45, 7) is 4.77. The fourth-order valence-corrected chi connectivity index (χ4v) is 1.26. The van der Waals surface area contributed by atoms with Crippen LogP contribution in [-0.2, 0) is 16.0 Å². The Kier molecular flexibility index (Phi) is 4.23. The lowest BCUT2D eigenvalue weighted by molar-refractivity contribution is -0.122. The van der Waals surface area contributed by atoms with E-state index in [2.05, 4.69) is 0 Å². The monoisotopic (exact) mass is 220 g/mol. The van der Waals surface area contributed by atoms with Gasteiger partial charge in [0.15, 0.2) is 11.9 Å². The zero-order chi connectivity index (χ0) is 12.1. The summed E-state index contributed by atoms with van der Waals surface area (Å²) in [5.41, 5.74) is 0.954. The Balaban J connectivity index is 2.64. The van der Waals surface area contributed by atoms with Crippen LogP contribution >= 0.6 is 0 Å². The maximum atomic E-state index is 11.0. The van der Waals surface area contributed by atoms with Gasteiger partial charge in [0.05, 0.1) is 0 Å². The lowest BCUT2D eigenvalue weighted by Gasteiger charge is -2.11. The molecule has 0 saturated heterocycles. The first-order valence-corrected chi connectivity index (χ1v) is 5.24. The first kappa shape index (κ1) is 12.4. The number of rotatable bonds is 5. The SMILES string of the molecule is CC(=O)Cc1ccc(OC(C)C(C)=O)cc1. The van der Waals surface area contributed by atoms with Crippen molar-refractivity contribution in [1.82, 2.24) is 0 Å². The average Bonchev–Trinajstić information content (AvgIpc) is 2.20. The third-order valence-corrected chi connectivity index (χ3v) is 2.26. The van der Waals surface area contributed by atoms with Crippen LogP contribution in [0.1, 0.15) is 26.3 Å². The van der Waals surface area contributed by atoms with Gasteiger partial charge in [-0.25, -0.2) is 0 Å². The van der Waals surface area contributed by atoms with Gasteiger partial charge in [0.25, 0.3) is 0 Å². The van der Waals surface area contributed by atoms with Crippen LogP contribution in [-0.4, -0.2) is 17.7 Å². The van der Waals surface area contributed by atoms with Gasteiger partial charge < -0.3 is 4.74 Å². The molecule has 16 heavy (non-hydrogen) atoms. The van der Waals surface area contributed by atoms with E-state index in [1.807, 2.05) is 12.1 Å². The van der Waals surface area contributed by atoms with E-state index in [4.69, 9.17) is 4.74 Å². The highest BCUT2D eigenvalue weighted by molar-refractivity contribution is 5.80. The molecule has 0 fully saturated rings. The Bertz CT molecular complexity index is 379. The van der Waals surface area contributed by atoms with E-state index < -0.39 is 6.10 Å². The molecule has 0 aliphatic heterocycles. The summed E-state index contributed by atoms with van der Waals surface area (Å²) < 4.78 is 5.40. The van der Waals surface area contributed by atoms with E-state index in [9.17, 15) is 9.59 Å². The number of carbonyl (C=O) groups excluding carboxylic acids is 2. The second-order valence-electron chi connectivity index (χ2n) is 3.89. The Labute approximate surface area is 95.4 Å². The number of hydrogen-bond acceptors (Lipinski definition) is 3. The Morgan fingerprint density at radius 3 is 2.19 bits per heavy atom. The van der Waals surface area contributed by atoms with Gasteiger partial charge in [0.2, 0.25) is 0 Å². The van der Waals surface area contributed by atoms with Gasteiger partial charge in [-0.15, -0.1) is 0 Å². The first-order chi connectivity index (χ1) is 7.49. The van der Waals surface area contributed by atoms with Crippen LogP contribution < -0.4 is 4.74 Å². The fraction of sp³-hybridized carbons (Fsp3) is 0.385. The maximum absolute atomic E-state index is 11.0. The van der Waals surface area contributed by atoms with Crippen molar-refractivity contribution in [1.29, 1.82) is 0 Å². The Morgan fingerprint density at radius 2 is 1.75 bits per heavy atom. The molecule has 0 heterocycles. The van der Waals surface area contributed by atoms with Crippen LogP contribution in [0.3, 0.4) is 0 Å². The van der Waals surface area contributed by atoms with Crippen molar-refractivity contribution in [2.75, 3.05) is 0 Å². The summed E-state index contributed by atoms with van der Waals surface area (Å²) in [5, 5.41) is 0. The summed E-state index contributed by atoms with van der Waals surface area (Å²) in [7, 11) is 0. The molecule has 1 rings (SSSR count). The van der Waals surface area contributed by atoms with Crippen LogP contribution in [0.15, 0.2) is 24.3 Å². The third-order valence-electron chi connectivity index (χ3n) is 2.26. The van der Waals surface area contributed by atoms with Crippen LogP contribution in [0.5, 0.6) is 5.75 Å². The smallest absolute Gasteiger partial charge is 0.169 e. The molecule has 86 valence electrons. The minimum absolute atomic E-state index is 0.00666. The third kappa shape index (κ3) is 3.85. The molecule has 1 unspecified atom stereocenters. The van der Waals surface area contributed by atoms with Gasteiger partial charge in [0.1, 0.15) is 11.5 Å².